The van der Waals surface area contributed by atoms with Crippen LogP contribution in [0.15, 0.2) is 30.3 Å². The normalized spacial score (nSPS) is 11.8. The Labute approximate surface area is 138 Å². The quantitative estimate of drug-likeness (QED) is 0.369. The van der Waals surface area contributed by atoms with Crippen LogP contribution >= 0.6 is 0 Å². The van der Waals surface area contributed by atoms with Crippen LogP contribution in [-0.2, 0) is 8.85 Å². The lowest BCUT2D eigenvalue weighted by Gasteiger charge is -2.30. The molecule has 3 heteroatoms. The molecule has 0 atom stereocenters. The van der Waals surface area contributed by atoms with Gasteiger partial charge in [0.05, 0.1) is 0 Å². The van der Waals surface area contributed by atoms with E-state index in [-0.39, 0.29) is 0 Å². The van der Waals surface area contributed by atoms with Crippen LogP contribution in [0.1, 0.15) is 65.7 Å². The molecule has 0 spiro atoms. The van der Waals surface area contributed by atoms with Gasteiger partial charge in [0.15, 0.2) is 0 Å². The van der Waals surface area contributed by atoms with Gasteiger partial charge in [-0.15, -0.1) is 0 Å². The van der Waals surface area contributed by atoms with Gasteiger partial charge >= 0.3 is 8.56 Å². The highest BCUT2D eigenvalue weighted by Gasteiger charge is 2.38. The molecule has 0 bridgehead atoms. The van der Waals surface area contributed by atoms with Crippen molar-refractivity contribution in [3.63, 3.8) is 0 Å². The largest absolute Gasteiger partial charge is 0.391 e. The molecule has 0 aliphatic heterocycles. The molecule has 1 rings (SSSR count). The maximum Gasteiger partial charge on any atom is 0.372 e. The van der Waals surface area contributed by atoms with E-state index in [2.05, 4.69) is 51.1 Å². The van der Waals surface area contributed by atoms with E-state index in [1.54, 1.807) is 0 Å². The van der Waals surface area contributed by atoms with Crippen molar-refractivity contribution in [2.45, 2.75) is 71.8 Å². The standard InChI is InChI=1S/C19H34O2Si/c1-4-7-8-9-10-11-15-18-22(20-5-2,21-6-3)19-16-13-12-14-17-19/h12-14,16-17H,4-11,15,18H2,1-3H3. The highest BCUT2D eigenvalue weighted by atomic mass is 28.4. The van der Waals surface area contributed by atoms with Gasteiger partial charge in [0.2, 0.25) is 0 Å². The first-order valence-electron chi connectivity index (χ1n) is 9.12. The van der Waals surface area contributed by atoms with E-state index in [1.165, 1.54) is 50.1 Å². The van der Waals surface area contributed by atoms with Gasteiger partial charge in [-0.3, -0.25) is 0 Å². The summed E-state index contributed by atoms with van der Waals surface area (Å²) in [5, 5.41) is 1.28. The van der Waals surface area contributed by atoms with Crippen LogP contribution in [0, 0.1) is 0 Å². The molecule has 1 aromatic rings. The van der Waals surface area contributed by atoms with E-state index in [1.807, 2.05) is 0 Å². The summed E-state index contributed by atoms with van der Waals surface area (Å²) in [4.78, 5) is 0. The second-order valence-corrected chi connectivity index (χ2v) is 9.02. The molecule has 0 fully saturated rings. The Kier molecular flexibility index (Phi) is 10.5. The first-order chi connectivity index (χ1) is 10.8. The monoisotopic (exact) mass is 322 g/mol. The maximum absolute atomic E-state index is 6.22. The Morgan fingerprint density at radius 1 is 0.727 bits per heavy atom. The number of benzene rings is 1. The van der Waals surface area contributed by atoms with Crippen molar-refractivity contribution in [2.24, 2.45) is 0 Å². The lowest BCUT2D eigenvalue weighted by atomic mass is 10.1. The number of hydrogen-bond donors (Lipinski definition) is 0. The summed E-state index contributed by atoms with van der Waals surface area (Å²) in [7, 11) is -2.25. The summed E-state index contributed by atoms with van der Waals surface area (Å²) >= 11 is 0. The molecule has 126 valence electrons. The highest BCUT2D eigenvalue weighted by molar-refractivity contribution is 6.81. The summed E-state index contributed by atoms with van der Waals surface area (Å²) in [5.74, 6) is 0. The Balaban J connectivity index is 2.55. The van der Waals surface area contributed by atoms with Gasteiger partial charge in [0.1, 0.15) is 0 Å². The topological polar surface area (TPSA) is 18.5 Å². The van der Waals surface area contributed by atoms with Crippen LogP contribution in [-0.4, -0.2) is 21.8 Å². The van der Waals surface area contributed by atoms with Crippen molar-refractivity contribution in [3.8, 4) is 0 Å². The minimum atomic E-state index is -2.25. The SMILES string of the molecule is CCCCCCCCC[Si](OCC)(OCC)c1ccccc1. The van der Waals surface area contributed by atoms with E-state index in [9.17, 15) is 0 Å². The fourth-order valence-electron chi connectivity index (χ4n) is 2.97. The third-order valence-corrected chi connectivity index (χ3v) is 7.81. The molecule has 0 radical (unpaired) electrons. The molecule has 0 saturated heterocycles. The van der Waals surface area contributed by atoms with Crippen molar-refractivity contribution >= 4 is 13.7 Å². The van der Waals surface area contributed by atoms with Crippen molar-refractivity contribution in [1.29, 1.82) is 0 Å². The molecule has 1 aromatic carbocycles. The zero-order valence-corrected chi connectivity index (χ0v) is 15.8. The zero-order valence-electron chi connectivity index (χ0n) is 14.8. The van der Waals surface area contributed by atoms with E-state index >= 15 is 0 Å². The van der Waals surface area contributed by atoms with E-state index < -0.39 is 8.56 Å². The van der Waals surface area contributed by atoms with Gasteiger partial charge in [-0.05, 0) is 25.1 Å². The van der Waals surface area contributed by atoms with Crippen molar-refractivity contribution < 1.29 is 8.85 Å². The molecule has 0 aromatic heterocycles. The second-order valence-electron chi connectivity index (χ2n) is 5.86. The van der Waals surface area contributed by atoms with Crippen molar-refractivity contribution in [2.75, 3.05) is 13.2 Å². The van der Waals surface area contributed by atoms with Crippen molar-refractivity contribution in [3.05, 3.63) is 30.3 Å². The lowest BCUT2D eigenvalue weighted by molar-refractivity contribution is 0.194. The smallest absolute Gasteiger partial charge is 0.372 e. The fourth-order valence-corrected chi connectivity index (χ4v) is 6.31. The Bertz CT molecular complexity index is 361. The van der Waals surface area contributed by atoms with Gasteiger partial charge in [0, 0.05) is 13.2 Å². The molecule has 0 aliphatic rings. The highest BCUT2D eigenvalue weighted by Crippen LogP contribution is 2.19. The molecule has 0 N–H and O–H groups in total. The van der Waals surface area contributed by atoms with Gasteiger partial charge in [-0.1, -0.05) is 82.2 Å². The van der Waals surface area contributed by atoms with E-state index in [0.29, 0.717) is 0 Å². The summed E-state index contributed by atoms with van der Waals surface area (Å²) in [6.07, 6.45) is 9.31. The zero-order chi connectivity index (χ0) is 16.1. The maximum atomic E-state index is 6.22. The Hall–Kier alpha value is -0.643. The van der Waals surface area contributed by atoms with Crippen molar-refractivity contribution in [1.82, 2.24) is 0 Å². The van der Waals surface area contributed by atoms with Gasteiger partial charge in [-0.2, -0.15) is 0 Å². The average Bonchev–Trinajstić information content (AvgIpc) is 2.55. The van der Waals surface area contributed by atoms with Crippen LogP contribution in [0.25, 0.3) is 0 Å². The third-order valence-electron chi connectivity index (χ3n) is 4.08. The predicted molar refractivity (Wildman–Crippen MR) is 97.9 cm³/mol. The summed E-state index contributed by atoms with van der Waals surface area (Å²) in [6.45, 7) is 7.89. The molecule has 0 saturated carbocycles. The molecular formula is C19H34O2Si. The summed E-state index contributed by atoms with van der Waals surface area (Å²) in [6, 6.07) is 11.7. The molecular weight excluding hydrogens is 288 g/mol. The van der Waals surface area contributed by atoms with Crippen LogP contribution in [0.2, 0.25) is 6.04 Å². The summed E-state index contributed by atoms with van der Waals surface area (Å²) < 4.78 is 12.4. The molecule has 2 nitrogen and oxygen atoms in total. The number of hydrogen-bond acceptors (Lipinski definition) is 2. The van der Waals surface area contributed by atoms with Gasteiger partial charge in [0.25, 0.3) is 0 Å². The third kappa shape index (κ3) is 6.63. The first-order valence-corrected chi connectivity index (χ1v) is 11.1. The first kappa shape index (κ1) is 19.4. The van der Waals surface area contributed by atoms with Crippen LogP contribution in [0.3, 0.4) is 0 Å². The predicted octanol–water partition coefficient (Wildman–Crippen LogP) is 5.16. The van der Waals surface area contributed by atoms with E-state index in [4.69, 9.17) is 8.85 Å². The lowest BCUT2D eigenvalue weighted by Crippen LogP contribution is -2.53. The molecule has 0 heterocycles. The number of unbranched alkanes of at least 4 members (excludes halogenated alkanes) is 6. The average molecular weight is 323 g/mol. The Morgan fingerprint density at radius 2 is 1.27 bits per heavy atom. The minimum Gasteiger partial charge on any atom is -0.391 e. The second kappa shape index (κ2) is 11.9. The Morgan fingerprint density at radius 3 is 1.82 bits per heavy atom. The van der Waals surface area contributed by atoms with Crippen LogP contribution in [0.5, 0.6) is 0 Å². The molecule has 0 amide bonds. The molecule has 0 aliphatic carbocycles. The van der Waals surface area contributed by atoms with E-state index in [0.717, 1.165) is 19.3 Å². The van der Waals surface area contributed by atoms with Crippen LogP contribution in [0.4, 0.5) is 0 Å². The molecule has 22 heavy (non-hydrogen) atoms. The fraction of sp³-hybridized carbons (Fsp3) is 0.684. The molecule has 0 unspecified atom stereocenters. The van der Waals surface area contributed by atoms with Crippen LogP contribution < -0.4 is 5.19 Å². The minimum absolute atomic E-state index is 0.734. The number of rotatable bonds is 13. The summed E-state index contributed by atoms with van der Waals surface area (Å²) in [5.41, 5.74) is 0. The van der Waals surface area contributed by atoms with Gasteiger partial charge < -0.3 is 8.85 Å². The van der Waals surface area contributed by atoms with Gasteiger partial charge in [-0.25, -0.2) is 0 Å².